The van der Waals surface area contributed by atoms with Crippen LogP contribution in [0, 0.1) is 17.8 Å². The van der Waals surface area contributed by atoms with Crippen molar-refractivity contribution in [1.29, 1.82) is 5.26 Å². The van der Waals surface area contributed by atoms with Crippen molar-refractivity contribution in [3.63, 3.8) is 0 Å². The Kier molecular flexibility index (Phi) is 27.3. The smallest absolute Gasteiger partial charge is 0 e. The molecular weight excluding hydrogens is 243 g/mol. The minimum atomic E-state index is 0. The Balaban J connectivity index is -0.000000245. The summed E-state index contributed by atoms with van der Waals surface area (Å²) in [6.07, 6.45) is 6.28. The van der Waals surface area contributed by atoms with Crippen LogP contribution in [0.4, 0.5) is 0 Å². The predicted molar refractivity (Wildman–Crippen MR) is 44.4 cm³/mol. The Morgan fingerprint density at radius 3 is 2.40 bits per heavy atom. The van der Waals surface area contributed by atoms with Crippen LogP contribution in [-0.2, 0) is 19.5 Å². The van der Waals surface area contributed by atoms with Crippen molar-refractivity contribution in [3.05, 3.63) is 6.42 Å². The number of nitriles is 1. The molecule has 0 radical (unpaired) electrons. The Morgan fingerprint density at radius 2 is 2.00 bits per heavy atom. The molecule has 0 amide bonds. The molecule has 0 unspecified atom stereocenters. The average molecular weight is 256 g/mol. The van der Waals surface area contributed by atoms with Crippen LogP contribution in [0.15, 0.2) is 0 Å². The molecule has 0 rings (SSSR count). The van der Waals surface area contributed by atoms with E-state index in [-0.39, 0.29) is 36.5 Å². The molecule has 1 nitrogen and oxygen atoms in total. The zero-order chi connectivity index (χ0) is 6.24. The molecular formula is C7H13BrNZn-. The van der Waals surface area contributed by atoms with Crippen molar-refractivity contribution in [2.75, 3.05) is 0 Å². The van der Waals surface area contributed by atoms with Crippen LogP contribution >= 0.6 is 17.0 Å². The monoisotopic (exact) mass is 254 g/mol. The summed E-state index contributed by atoms with van der Waals surface area (Å²) >= 11 is 0. The third-order valence-electron chi connectivity index (χ3n) is 1.04. The van der Waals surface area contributed by atoms with Crippen molar-refractivity contribution in [3.8, 4) is 6.07 Å². The minimum Gasteiger partial charge on any atom is -0.291 e. The number of hydrogen-bond donors (Lipinski definition) is 0. The summed E-state index contributed by atoms with van der Waals surface area (Å²) < 4.78 is 0. The second kappa shape index (κ2) is 16.2. The van der Waals surface area contributed by atoms with Crippen molar-refractivity contribution in [2.24, 2.45) is 0 Å². The van der Waals surface area contributed by atoms with Gasteiger partial charge >= 0.3 is 0 Å². The third kappa shape index (κ3) is 15.8. The number of unbranched alkanes of at least 4 members (excludes halogenated alkanes) is 4. The van der Waals surface area contributed by atoms with Crippen LogP contribution in [-0.4, -0.2) is 0 Å². The molecule has 0 aliphatic carbocycles. The fraction of sp³-hybridized carbons (Fsp3) is 0.714. The third-order valence-corrected chi connectivity index (χ3v) is 1.04. The Hall–Kier alpha value is 0.463. The minimum absolute atomic E-state index is 0. The van der Waals surface area contributed by atoms with Gasteiger partial charge in [-0.15, -0.1) is 23.1 Å². The van der Waals surface area contributed by atoms with Crippen LogP contribution in [0.25, 0.3) is 0 Å². The predicted octanol–water partition coefficient (Wildman–Crippen LogP) is 2.87. The first-order chi connectivity index (χ1) is 3.91. The van der Waals surface area contributed by atoms with E-state index < -0.39 is 0 Å². The Bertz CT molecular complexity index is 80.2. The topological polar surface area (TPSA) is 23.8 Å². The van der Waals surface area contributed by atoms with Crippen LogP contribution in [0.1, 0.15) is 32.6 Å². The molecule has 3 heteroatoms. The van der Waals surface area contributed by atoms with E-state index in [2.05, 4.69) is 6.92 Å². The molecule has 0 saturated heterocycles. The summed E-state index contributed by atoms with van der Waals surface area (Å²) in [4.78, 5) is 0. The van der Waals surface area contributed by atoms with E-state index in [0.29, 0.717) is 0 Å². The second-order valence-electron chi connectivity index (χ2n) is 1.83. The molecule has 0 aliphatic rings. The first-order valence-electron chi connectivity index (χ1n) is 3.13. The zero-order valence-corrected chi connectivity index (χ0v) is 11.1. The molecule has 0 fully saturated rings. The number of nitrogens with zero attached hydrogens (tertiary/aromatic N) is 1. The molecule has 0 atom stereocenters. The van der Waals surface area contributed by atoms with Gasteiger partial charge < -0.3 is 0 Å². The zero-order valence-electron chi connectivity index (χ0n) is 6.47. The quantitative estimate of drug-likeness (QED) is 0.431. The van der Waals surface area contributed by atoms with Crippen molar-refractivity contribution >= 4 is 17.0 Å². The first-order valence-corrected chi connectivity index (χ1v) is 3.13. The summed E-state index contributed by atoms with van der Waals surface area (Å²) in [5, 5.41) is 8.06. The largest absolute Gasteiger partial charge is 0.291 e. The van der Waals surface area contributed by atoms with E-state index in [9.17, 15) is 0 Å². The standard InChI is InChI=1S/C7H12N.BrH.Zn/c1-2-3-4-5-6-7-8;;/h6H,2-5H2,1H3;1H;/q-1;;. The van der Waals surface area contributed by atoms with Gasteiger partial charge in [0.25, 0.3) is 0 Å². The van der Waals surface area contributed by atoms with Gasteiger partial charge in [0, 0.05) is 19.5 Å². The fourth-order valence-corrected chi connectivity index (χ4v) is 0.561. The molecule has 0 N–H and O–H groups in total. The Labute approximate surface area is 86.7 Å². The van der Waals surface area contributed by atoms with Crippen LogP contribution in [0.2, 0.25) is 0 Å². The molecule has 0 aromatic carbocycles. The van der Waals surface area contributed by atoms with E-state index in [1.807, 2.05) is 6.07 Å². The van der Waals surface area contributed by atoms with E-state index in [1.54, 1.807) is 6.42 Å². The van der Waals surface area contributed by atoms with Crippen LogP contribution in [0.5, 0.6) is 0 Å². The first kappa shape index (κ1) is 16.8. The van der Waals surface area contributed by atoms with Gasteiger partial charge in [0.2, 0.25) is 0 Å². The molecule has 0 bridgehead atoms. The maximum Gasteiger partial charge on any atom is 0 e. The summed E-state index contributed by atoms with van der Waals surface area (Å²) in [6, 6.07) is 2.00. The van der Waals surface area contributed by atoms with E-state index >= 15 is 0 Å². The molecule has 0 spiro atoms. The van der Waals surface area contributed by atoms with E-state index in [0.717, 1.165) is 6.42 Å². The van der Waals surface area contributed by atoms with Gasteiger partial charge in [0.05, 0.1) is 0 Å². The maximum absolute atomic E-state index is 8.06. The second-order valence-corrected chi connectivity index (χ2v) is 1.83. The van der Waals surface area contributed by atoms with Crippen molar-refractivity contribution in [1.82, 2.24) is 0 Å². The molecule has 0 aromatic heterocycles. The summed E-state index contributed by atoms with van der Waals surface area (Å²) in [6.45, 7) is 2.16. The fourth-order valence-electron chi connectivity index (χ4n) is 0.561. The normalized spacial score (nSPS) is 6.40. The van der Waals surface area contributed by atoms with Crippen LogP contribution < -0.4 is 0 Å². The van der Waals surface area contributed by atoms with Gasteiger partial charge in [-0.3, -0.25) is 6.42 Å². The van der Waals surface area contributed by atoms with Crippen molar-refractivity contribution < 1.29 is 19.5 Å². The molecule has 0 aromatic rings. The van der Waals surface area contributed by atoms with E-state index in [1.165, 1.54) is 19.3 Å². The molecule has 0 saturated carbocycles. The Morgan fingerprint density at radius 1 is 1.40 bits per heavy atom. The van der Waals surface area contributed by atoms with Gasteiger partial charge in [-0.25, -0.2) is 5.26 Å². The van der Waals surface area contributed by atoms with Crippen molar-refractivity contribution in [2.45, 2.75) is 32.6 Å². The molecule has 0 heterocycles. The SMILES string of the molecule is Br.CCCCC[CH-]C#N.[Zn]. The van der Waals surface area contributed by atoms with Gasteiger partial charge in [0.15, 0.2) is 0 Å². The number of hydrogen-bond acceptors (Lipinski definition) is 1. The molecule has 56 valence electrons. The van der Waals surface area contributed by atoms with Gasteiger partial charge in [-0.05, 0) is 0 Å². The number of halogens is 1. The van der Waals surface area contributed by atoms with E-state index in [4.69, 9.17) is 5.26 Å². The van der Waals surface area contributed by atoms with Gasteiger partial charge in [0.1, 0.15) is 0 Å². The number of rotatable bonds is 4. The summed E-state index contributed by atoms with van der Waals surface area (Å²) in [5.41, 5.74) is 0. The van der Waals surface area contributed by atoms with Gasteiger partial charge in [-0.1, -0.05) is 26.2 Å². The average Bonchev–Trinajstić information content (AvgIpc) is 1.81. The summed E-state index contributed by atoms with van der Waals surface area (Å²) in [7, 11) is 0. The summed E-state index contributed by atoms with van der Waals surface area (Å²) in [5.74, 6) is 0. The molecule has 0 aliphatic heterocycles. The van der Waals surface area contributed by atoms with Gasteiger partial charge in [-0.2, -0.15) is 6.42 Å². The van der Waals surface area contributed by atoms with Crippen LogP contribution in [0.3, 0.4) is 0 Å². The molecule has 10 heavy (non-hydrogen) atoms. The maximum atomic E-state index is 8.06.